The Balaban J connectivity index is 1.89. The third kappa shape index (κ3) is 3.63. The Hall–Kier alpha value is -3.44. The molecule has 0 aliphatic rings. The Bertz CT molecular complexity index is 869. The molecule has 3 aromatic carbocycles. The minimum Gasteiger partial charge on any atom is -0.508 e. The quantitative estimate of drug-likeness (QED) is 0.491. The summed E-state index contributed by atoms with van der Waals surface area (Å²) in [5, 5.41) is 24.6. The van der Waals surface area contributed by atoms with Crippen LogP contribution in [0.2, 0.25) is 0 Å². The molecule has 0 saturated carbocycles. The van der Waals surface area contributed by atoms with Crippen LogP contribution in [0.5, 0.6) is 5.75 Å². The number of nitrogens with one attached hydrogen (secondary N) is 1. The number of phenolic OH excluding ortho intramolecular Hbond substituents is 1. The number of amides is 1. The Morgan fingerprint density at radius 3 is 2.00 bits per heavy atom. The number of carbonyl (C=O) groups excluding carboxylic acids is 1. The fourth-order valence-electron chi connectivity index (χ4n) is 2.64. The standard InChI is InChI=1S/C21H18N2O3/c24-19-13-7-8-16(14-19)15-22-23-20(25)21(26,17-9-3-1-4-10-17)18-11-5-2-6-12-18/h1-15,24,26H,(H,23,25)/b22-15-. The summed E-state index contributed by atoms with van der Waals surface area (Å²) in [4.78, 5) is 12.8. The van der Waals surface area contributed by atoms with E-state index in [4.69, 9.17) is 0 Å². The van der Waals surface area contributed by atoms with Gasteiger partial charge in [0.05, 0.1) is 6.21 Å². The van der Waals surface area contributed by atoms with Gasteiger partial charge in [0.2, 0.25) is 0 Å². The molecule has 0 spiro atoms. The fourth-order valence-corrected chi connectivity index (χ4v) is 2.64. The van der Waals surface area contributed by atoms with E-state index in [9.17, 15) is 15.0 Å². The van der Waals surface area contributed by atoms with E-state index in [2.05, 4.69) is 10.5 Å². The zero-order valence-electron chi connectivity index (χ0n) is 13.9. The predicted octanol–water partition coefficient (Wildman–Crippen LogP) is 2.78. The van der Waals surface area contributed by atoms with Gasteiger partial charge in [-0.1, -0.05) is 72.8 Å². The molecule has 3 aromatic rings. The lowest BCUT2D eigenvalue weighted by molar-refractivity contribution is -0.136. The summed E-state index contributed by atoms with van der Waals surface area (Å²) in [7, 11) is 0. The largest absolute Gasteiger partial charge is 0.508 e. The van der Waals surface area contributed by atoms with Gasteiger partial charge in [0.1, 0.15) is 5.75 Å². The summed E-state index contributed by atoms with van der Waals surface area (Å²) in [6, 6.07) is 23.8. The zero-order valence-corrected chi connectivity index (χ0v) is 13.9. The smallest absolute Gasteiger partial charge is 0.281 e. The molecule has 0 aliphatic carbocycles. The molecule has 5 nitrogen and oxygen atoms in total. The first-order valence-corrected chi connectivity index (χ1v) is 8.06. The van der Waals surface area contributed by atoms with Crippen molar-refractivity contribution in [1.82, 2.24) is 5.43 Å². The van der Waals surface area contributed by atoms with Gasteiger partial charge in [-0.3, -0.25) is 4.79 Å². The number of nitrogens with zero attached hydrogens (tertiary/aromatic N) is 1. The van der Waals surface area contributed by atoms with Crippen LogP contribution in [0.3, 0.4) is 0 Å². The van der Waals surface area contributed by atoms with Gasteiger partial charge < -0.3 is 10.2 Å². The van der Waals surface area contributed by atoms with E-state index >= 15 is 0 Å². The highest BCUT2D eigenvalue weighted by Crippen LogP contribution is 2.29. The highest BCUT2D eigenvalue weighted by atomic mass is 16.3. The maximum absolute atomic E-state index is 12.8. The number of hydrogen-bond donors (Lipinski definition) is 3. The summed E-state index contributed by atoms with van der Waals surface area (Å²) < 4.78 is 0. The summed E-state index contributed by atoms with van der Waals surface area (Å²) in [6.07, 6.45) is 1.40. The van der Waals surface area contributed by atoms with E-state index in [1.54, 1.807) is 66.7 Å². The van der Waals surface area contributed by atoms with Crippen LogP contribution in [0.4, 0.5) is 0 Å². The fraction of sp³-hybridized carbons (Fsp3) is 0.0476. The first-order valence-electron chi connectivity index (χ1n) is 8.06. The van der Waals surface area contributed by atoms with Crippen LogP contribution in [0, 0.1) is 0 Å². The number of aliphatic hydroxyl groups is 1. The van der Waals surface area contributed by atoms with Crippen molar-refractivity contribution in [3.05, 3.63) is 102 Å². The van der Waals surface area contributed by atoms with Crippen LogP contribution in [-0.4, -0.2) is 22.3 Å². The van der Waals surface area contributed by atoms with Gasteiger partial charge in [0, 0.05) is 0 Å². The van der Waals surface area contributed by atoms with Gasteiger partial charge in [-0.15, -0.1) is 0 Å². The second-order valence-corrected chi connectivity index (χ2v) is 5.74. The lowest BCUT2D eigenvalue weighted by atomic mass is 9.85. The number of benzene rings is 3. The maximum atomic E-state index is 12.8. The second-order valence-electron chi connectivity index (χ2n) is 5.74. The minimum absolute atomic E-state index is 0.102. The van der Waals surface area contributed by atoms with Gasteiger partial charge in [0.25, 0.3) is 5.91 Å². The first kappa shape index (κ1) is 17.4. The van der Waals surface area contributed by atoms with Crippen molar-refractivity contribution in [3.8, 4) is 5.75 Å². The molecule has 0 fully saturated rings. The summed E-state index contributed by atoms with van der Waals surface area (Å²) in [5.41, 5.74) is 2.01. The van der Waals surface area contributed by atoms with Crippen molar-refractivity contribution in [2.24, 2.45) is 5.10 Å². The summed E-state index contributed by atoms with van der Waals surface area (Å²) >= 11 is 0. The molecular weight excluding hydrogens is 328 g/mol. The van der Waals surface area contributed by atoms with Crippen molar-refractivity contribution >= 4 is 12.1 Å². The highest BCUT2D eigenvalue weighted by Gasteiger charge is 2.39. The first-order chi connectivity index (χ1) is 12.6. The van der Waals surface area contributed by atoms with E-state index in [0.717, 1.165) is 0 Å². The van der Waals surface area contributed by atoms with E-state index in [1.165, 1.54) is 12.3 Å². The number of aromatic hydroxyl groups is 1. The van der Waals surface area contributed by atoms with Gasteiger partial charge in [-0.25, -0.2) is 5.43 Å². The molecule has 0 unspecified atom stereocenters. The Morgan fingerprint density at radius 2 is 1.46 bits per heavy atom. The van der Waals surface area contributed by atoms with Crippen LogP contribution >= 0.6 is 0 Å². The SMILES string of the molecule is O=C(N/N=C\c1cccc(O)c1)C(O)(c1ccccc1)c1ccccc1. The third-order valence-corrected chi connectivity index (χ3v) is 3.96. The average molecular weight is 346 g/mol. The molecule has 0 atom stereocenters. The number of rotatable bonds is 5. The van der Waals surface area contributed by atoms with Gasteiger partial charge in [-0.2, -0.15) is 5.10 Å². The van der Waals surface area contributed by atoms with Gasteiger partial charge >= 0.3 is 0 Å². The Kier molecular flexibility index (Phi) is 5.10. The monoisotopic (exact) mass is 346 g/mol. The normalized spacial score (nSPS) is 11.4. The van der Waals surface area contributed by atoms with Crippen molar-refractivity contribution in [3.63, 3.8) is 0 Å². The molecule has 26 heavy (non-hydrogen) atoms. The van der Waals surface area contributed by atoms with E-state index in [1.807, 2.05) is 12.1 Å². The van der Waals surface area contributed by atoms with Gasteiger partial charge in [0.15, 0.2) is 5.60 Å². The van der Waals surface area contributed by atoms with E-state index in [0.29, 0.717) is 16.7 Å². The summed E-state index contributed by atoms with van der Waals surface area (Å²) in [5.74, 6) is -0.573. The number of hydrogen-bond acceptors (Lipinski definition) is 4. The molecule has 0 aromatic heterocycles. The molecular formula is C21H18N2O3. The Labute approximate surface area is 151 Å². The molecule has 130 valence electrons. The third-order valence-electron chi connectivity index (χ3n) is 3.96. The van der Waals surface area contributed by atoms with Crippen molar-refractivity contribution in [2.45, 2.75) is 5.60 Å². The van der Waals surface area contributed by atoms with E-state index < -0.39 is 11.5 Å². The van der Waals surface area contributed by atoms with Crippen LogP contribution in [-0.2, 0) is 10.4 Å². The number of hydrazone groups is 1. The molecule has 0 aliphatic heterocycles. The van der Waals surface area contributed by atoms with E-state index in [-0.39, 0.29) is 5.75 Å². The minimum atomic E-state index is -1.88. The van der Waals surface area contributed by atoms with Crippen LogP contribution < -0.4 is 5.43 Å². The molecule has 0 radical (unpaired) electrons. The number of phenols is 1. The van der Waals surface area contributed by atoms with Crippen LogP contribution in [0.15, 0.2) is 90.0 Å². The molecule has 3 rings (SSSR count). The van der Waals surface area contributed by atoms with Crippen molar-refractivity contribution < 1.29 is 15.0 Å². The molecule has 1 amide bonds. The van der Waals surface area contributed by atoms with Gasteiger partial charge in [-0.05, 0) is 28.8 Å². The zero-order chi connectivity index (χ0) is 18.4. The van der Waals surface area contributed by atoms with Crippen molar-refractivity contribution in [2.75, 3.05) is 0 Å². The highest BCUT2D eigenvalue weighted by molar-refractivity contribution is 5.91. The van der Waals surface area contributed by atoms with Crippen molar-refractivity contribution in [1.29, 1.82) is 0 Å². The lowest BCUT2D eigenvalue weighted by Crippen LogP contribution is -2.43. The second kappa shape index (κ2) is 7.63. The van der Waals surface area contributed by atoms with Crippen LogP contribution in [0.25, 0.3) is 0 Å². The topological polar surface area (TPSA) is 81.9 Å². The molecule has 0 bridgehead atoms. The summed E-state index contributed by atoms with van der Waals surface area (Å²) in [6.45, 7) is 0. The molecule has 3 N–H and O–H groups in total. The van der Waals surface area contributed by atoms with Crippen LogP contribution in [0.1, 0.15) is 16.7 Å². The average Bonchev–Trinajstić information content (AvgIpc) is 2.68. The number of carbonyl (C=O) groups is 1. The predicted molar refractivity (Wildman–Crippen MR) is 99.7 cm³/mol. The molecule has 0 saturated heterocycles. The maximum Gasteiger partial charge on any atom is 0.281 e. The lowest BCUT2D eigenvalue weighted by Gasteiger charge is -2.27. The molecule has 0 heterocycles. The Morgan fingerprint density at radius 1 is 0.885 bits per heavy atom. The molecule has 5 heteroatoms.